The van der Waals surface area contributed by atoms with Gasteiger partial charge in [0.25, 0.3) is 0 Å². The maximum absolute atomic E-state index is 10.7. The van der Waals surface area contributed by atoms with E-state index in [4.69, 9.17) is 9.26 Å². The van der Waals surface area contributed by atoms with E-state index in [1.54, 1.807) is 19.2 Å². The second kappa shape index (κ2) is 9.74. The molecule has 0 fully saturated rings. The van der Waals surface area contributed by atoms with Gasteiger partial charge in [-0.25, -0.2) is 0 Å². The number of carbonyl (C=O) groups is 1. The monoisotopic (exact) mass is 359 g/mol. The highest BCUT2D eigenvalue weighted by Gasteiger charge is 2.08. The fraction of sp³-hybridized carbons (Fsp3) is 0.368. The van der Waals surface area contributed by atoms with Gasteiger partial charge >= 0.3 is 0 Å². The van der Waals surface area contributed by atoms with Crippen LogP contribution in [0.25, 0.3) is 12.2 Å². The second-order valence-electron chi connectivity index (χ2n) is 6.20. The summed E-state index contributed by atoms with van der Waals surface area (Å²) in [5, 5.41) is 17.0. The summed E-state index contributed by atoms with van der Waals surface area (Å²) in [5.74, 6) is 1.62. The van der Waals surface area contributed by atoms with Gasteiger partial charge in [0, 0.05) is 31.3 Å². The normalized spacial score (nSPS) is 12.5. The number of benzene rings is 1. The van der Waals surface area contributed by atoms with E-state index in [-0.39, 0.29) is 6.61 Å². The molecule has 0 aliphatic heterocycles. The fourth-order valence-electron chi connectivity index (χ4n) is 2.12. The molecule has 0 spiro atoms. The lowest BCUT2D eigenvalue weighted by molar-refractivity contribution is -0.107. The zero-order valence-corrected chi connectivity index (χ0v) is 15.3. The Morgan fingerprint density at radius 2 is 2.12 bits per heavy atom. The van der Waals surface area contributed by atoms with Gasteiger partial charge < -0.3 is 19.7 Å². The highest BCUT2D eigenvalue weighted by atomic mass is 16.5. The summed E-state index contributed by atoms with van der Waals surface area (Å²) in [4.78, 5) is 12.1. The Bertz CT molecular complexity index is 727. The summed E-state index contributed by atoms with van der Waals surface area (Å²) < 4.78 is 10.9. The average molecular weight is 359 g/mol. The van der Waals surface area contributed by atoms with Crippen LogP contribution < -0.4 is 15.0 Å². The van der Waals surface area contributed by atoms with E-state index >= 15 is 0 Å². The van der Waals surface area contributed by atoms with Gasteiger partial charge in [-0.1, -0.05) is 37.2 Å². The molecule has 0 saturated carbocycles. The lowest BCUT2D eigenvalue weighted by Gasteiger charge is -2.16. The maximum Gasteiger partial charge on any atom is 0.215 e. The zero-order chi connectivity index (χ0) is 18.9. The summed E-state index contributed by atoms with van der Waals surface area (Å²) in [6, 6.07) is 9.49. The number of carbonyl (C=O) groups excluding carboxylic acids is 1. The maximum atomic E-state index is 10.7. The predicted molar refractivity (Wildman–Crippen MR) is 101 cm³/mol. The van der Waals surface area contributed by atoms with E-state index in [1.807, 2.05) is 44.2 Å². The molecule has 1 heterocycles. The van der Waals surface area contributed by atoms with Crippen LogP contribution in [0.5, 0.6) is 5.75 Å². The average Bonchev–Trinajstić information content (AvgIpc) is 3.12. The molecule has 1 unspecified atom stereocenters. The highest BCUT2D eigenvalue weighted by Crippen LogP contribution is 2.22. The van der Waals surface area contributed by atoms with Crippen LogP contribution in [0.15, 0.2) is 34.9 Å². The summed E-state index contributed by atoms with van der Waals surface area (Å²) in [6.45, 7) is 4.72. The Labute approximate surface area is 153 Å². The topological polar surface area (TPSA) is 87.8 Å². The van der Waals surface area contributed by atoms with Crippen LogP contribution in [-0.4, -0.2) is 49.0 Å². The summed E-state index contributed by atoms with van der Waals surface area (Å²) >= 11 is 0. The molecule has 26 heavy (non-hydrogen) atoms. The SMILES string of the molecule is CC(C)NCC(O)COc1ccccc1C=Cc1cc(N(C)C=O)no1. The molecule has 1 aromatic heterocycles. The number of rotatable bonds is 10. The number of hydrogen-bond acceptors (Lipinski definition) is 6. The molecular formula is C19H25N3O4. The molecule has 0 aliphatic rings. The molecular weight excluding hydrogens is 334 g/mol. The van der Waals surface area contributed by atoms with Crippen molar-refractivity contribution in [3.8, 4) is 5.75 Å². The van der Waals surface area contributed by atoms with Crippen molar-refractivity contribution < 1.29 is 19.2 Å². The second-order valence-corrected chi connectivity index (χ2v) is 6.20. The largest absolute Gasteiger partial charge is 0.490 e. The number of para-hydroxylation sites is 1. The number of aliphatic hydroxyl groups excluding tert-OH is 1. The van der Waals surface area contributed by atoms with Crippen molar-refractivity contribution in [2.45, 2.75) is 26.0 Å². The van der Waals surface area contributed by atoms with Crippen molar-refractivity contribution >= 4 is 24.4 Å². The molecule has 2 rings (SSSR count). The molecule has 0 aliphatic carbocycles. The van der Waals surface area contributed by atoms with Crippen LogP contribution in [0.1, 0.15) is 25.2 Å². The molecule has 1 atom stereocenters. The first-order valence-corrected chi connectivity index (χ1v) is 8.45. The smallest absolute Gasteiger partial charge is 0.215 e. The third kappa shape index (κ3) is 6.02. The van der Waals surface area contributed by atoms with Crippen molar-refractivity contribution in [2.24, 2.45) is 0 Å². The van der Waals surface area contributed by atoms with Crippen LogP contribution in [0, 0.1) is 0 Å². The fourth-order valence-corrected chi connectivity index (χ4v) is 2.12. The van der Waals surface area contributed by atoms with Crippen molar-refractivity contribution in [2.75, 3.05) is 25.1 Å². The first-order valence-electron chi connectivity index (χ1n) is 8.45. The molecule has 140 valence electrons. The van der Waals surface area contributed by atoms with E-state index in [0.717, 1.165) is 5.56 Å². The number of nitrogens with zero attached hydrogens (tertiary/aromatic N) is 2. The highest BCUT2D eigenvalue weighted by molar-refractivity contribution is 5.75. The van der Waals surface area contributed by atoms with E-state index in [9.17, 15) is 9.90 Å². The molecule has 0 saturated heterocycles. The summed E-state index contributed by atoms with van der Waals surface area (Å²) in [5.41, 5.74) is 0.846. The van der Waals surface area contributed by atoms with Crippen LogP contribution >= 0.6 is 0 Å². The summed E-state index contributed by atoms with van der Waals surface area (Å²) in [6.07, 6.45) is 3.64. The molecule has 1 aromatic carbocycles. The van der Waals surface area contributed by atoms with E-state index in [2.05, 4.69) is 10.5 Å². The molecule has 2 N–H and O–H groups in total. The molecule has 2 aromatic rings. The number of ether oxygens (including phenoxy) is 1. The Hall–Kier alpha value is -2.64. The molecule has 0 bridgehead atoms. The third-order valence-electron chi connectivity index (χ3n) is 3.57. The number of hydrogen-bond donors (Lipinski definition) is 2. The van der Waals surface area contributed by atoms with E-state index < -0.39 is 6.10 Å². The van der Waals surface area contributed by atoms with Crippen molar-refractivity contribution in [1.29, 1.82) is 0 Å². The van der Waals surface area contributed by atoms with E-state index in [1.165, 1.54) is 4.90 Å². The van der Waals surface area contributed by atoms with E-state index in [0.29, 0.717) is 36.3 Å². The van der Waals surface area contributed by atoms with Gasteiger partial charge in [-0.15, -0.1) is 0 Å². The Morgan fingerprint density at radius 3 is 2.85 bits per heavy atom. The number of nitrogens with one attached hydrogen (secondary N) is 1. The number of amides is 1. The minimum absolute atomic E-state index is 0.196. The molecule has 0 radical (unpaired) electrons. The van der Waals surface area contributed by atoms with Crippen molar-refractivity contribution in [1.82, 2.24) is 10.5 Å². The predicted octanol–water partition coefficient (Wildman–Crippen LogP) is 2.18. The van der Waals surface area contributed by atoms with Gasteiger partial charge in [0.05, 0.1) is 0 Å². The Balaban J connectivity index is 1.99. The third-order valence-corrected chi connectivity index (χ3v) is 3.57. The van der Waals surface area contributed by atoms with Gasteiger partial charge in [0.2, 0.25) is 6.41 Å². The summed E-state index contributed by atoms with van der Waals surface area (Å²) in [7, 11) is 1.60. The quantitative estimate of drug-likeness (QED) is 0.632. The minimum Gasteiger partial charge on any atom is -0.490 e. The number of aliphatic hydroxyl groups is 1. The minimum atomic E-state index is -0.592. The lowest BCUT2D eigenvalue weighted by atomic mass is 10.2. The van der Waals surface area contributed by atoms with Gasteiger partial charge in [0.15, 0.2) is 11.6 Å². The van der Waals surface area contributed by atoms with Gasteiger partial charge in [0.1, 0.15) is 18.5 Å². The van der Waals surface area contributed by atoms with Crippen molar-refractivity contribution in [3.05, 3.63) is 41.7 Å². The van der Waals surface area contributed by atoms with Crippen LogP contribution in [0.3, 0.4) is 0 Å². The van der Waals surface area contributed by atoms with Gasteiger partial charge in [-0.2, -0.15) is 0 Å². The standard InChI is InChI=1S/C19H25N3O4/c1-14(2)20-11-16(24)12-25-18-7-5-4-6-15(18)8-9-17-10-19(21-26-17)22(3)13-23/h4-10,13-14,16,20,24H,11-12H2,1-3H3. The van der Waals surface area contributed by atoms with Crippen LogP contribution in [-0.2, 0) is 4.79 Å². The Kier molecular flexibility index (Phi) is 7.37. The zero-order valence-electron chi connectivity index (χ0n) is 15.3. The van der Waals surface area contributed by atoms with Gasteiger partial charge in [-0.3, -0.25) is 9.69 Å². The van der Waals surface area contributed by atoms with Crippen molar-refractivity contribution in [3.63, 3.8) is 0 Å². The first-order chi connectivity index (χ1) is 12.5. The Morgan fingerprint density at radius 1 is 1.35 bits per heavy atom. The van der Waals surface area contributed by atoms with Crippen LogP contribution in [0.4, 0.5) is 5.82 Å². The number of aromatic nitrogens is 1. The lowest BCUT2D eigenvalue weighted by Crippen LogP contribution is -2.35. The molecule has 7 heteroatoms. The molecule has 7 nitrogen and oxygen atoms in total. The van der Waals surface area contributed by atoms with Crippen LogP contribution in [0.2, 0.25) is 0 Å². The molecule has 1 amide bonds. The number of anilines is 1. The first kappa shape index (κ1) is 19.7. The van der Waals surface area contributed by atoms with Gasteiger partial charge in [-0.05, 0) is 18.2 Å².